The summed E-state index contributed by atoms with van der Waals surface area (Å²) in [5, 5.41) is 45.0. The minimum absolute atomic E-state index is 0. The Morgan fingerprint density at radius 2 is 1.35 bits per heavy atom. The van der Waals surface area contributed by atoms with Gasteiger partial charge < -0.3 is 56.8 Å². The van der Waals surface area contributed by atoms with Crippen molar-refractivity contribution in [1.82, 2.24) is 11.5 Å². The molecule has 0 amide bonds. The first kappa shape index (κ1) is 26.2. The van der Waals surface area contributed by atoms with Crippen LogP contribution in [0.1, 0.15) is 19.3 Å². The number of nitrogens with one attached hydrogen (secondary N) is 1. The van der Waals surface area contributed by atoms with Crippen LogP contribution in [0.2, 0.25) is 0 Å². The van der Waals surface area contributed by atoms with Gasteiger partial charge in [-0.15, -0.1) is 0 Å². The fourth-order valence-corrected chi connectivity index (χ4v) is 2.09. The van der Waals surface area contributed by atoms with Crippen molar-refractivity contribution in [2.45, 2.75) is 24.8 Å². The second-order valence-corrected chi connectivity index (χ2v) is 4.49. The summed E-state index contributed by atoms with van der Waals surface area (Å²) in [6, 6.07) is 0. The third-order valence-corrected chi connectivity index (χ3v) is 2.98. The van der Waals surface area contributed by atoms with E-state index in [1.54, 1.807) is 0 Å². The van der Waals surface area contributed by atoms with Gasteiger partial charge in [0, 0.05) is 42.8 Å². The van der Waals surface area contributed by atoms with Crippen LogP contribution in [0.15, 0.2) is 0 Å². The molecule has 0 fully saturated rings. The maximum absolute atomic E-state index is 10.8. The average Bonchev–Trinajstić information content (AvgIpc) is 2.31. The molecule has 0 rings (SSSR count). The number of rotatable bonds is 11. The minimum atomic E-state index is -1.97. The maximum Gasteiger partial charge on any atom is 3.00 e. The van der Waals surface area contributed by atoms with Crippen LogP contribution in [0.3, 0.4) is 0 Å². The van der Waals surface area contributed by atoms with E-state index in [1.165, 1.54) is 0 Å². The van der Waals surface area contributed by atoms with Gasteiger partial charge in [0.05, 0.1) is 5.97 Å². The van der Waals surface area contributed by atoms with Gasteiger partial charge in [-0.3, -0.25) is 0 Å². The summed E-state index contributed by atoms with van der Waals surface area (Å²) in [5.41, 5.74) is 3.38. The molecule has 0 bridgehead atoms. The Hall–Kier alpha value is -1.72. The van der Waals surface area contributed by atoms with E-state index in [9.17, 15) is 39.6 Å². The largest absolute Gasteiger partial charge is 3.00 e. The summed E-state index contributed by atoms with van der Waals surface area (Å²) in [4.78, 5) is 42.8. The van der Waals surface area contributed by atoms with E-state index in [0.29, 0.717) is 0 Å². The molecular weight excluding hydrogens is 358 g/mol. The summed E-state index contributed by atoms with van der Waals surface area (Å²) in [6.45, 7) is -1.32. The molecule has 133 valence electrons. The molecular formula is C11H18FeN3O8. The number of carbonyl (C=O) groups excluding carboxylic acids is 4. The monoisotopic (exact) mass is 376 g/mol. The van der Waals surface area contributed by atoms with Gasteiger partial charge in [0.2, 0.25) is 0 Å². The Balaban J connectivity index is -0.00000200. The zero-order chi connectivity index (χ0) is 16.6. The van der Waals surface area contributed by atoms with Crippen LogP contribution in [0.4, 0.5) is 0 Å². The molecule has 23 heavy (non-hydrogen) atoms. The van der Waals surface area contributed by atoms with Gasteiger partial charge in [0.25, 0.3) is 0 Å². The van der Waals surface area contributed by atoms with Crippen molar-refractivity contribution in [2.24, 2.45) is 11.7 Å². The molecule has 0 aliphatic rings. The quantitative estimate of drug-likeness (QED) is 0.288. The number of quaternary nitrogens is 1. The van der Waals surface area contributed by atoms with Crippen molar-refractivity contribution in [2.75, 3.05) is 13.1 Å². The van der Waals surface area contributed by atoms with E-state index in [-0.39, 0.29) is 23.2 Å². The number of carboxylic acid groups (broad SMARTS) is 4. The van der Waals surface area contributed by atoms with E-state index < -0.39 is 67.7 Å². The topological polar surface area (TPSA) is 235 Å². The first-order chi connectivity index (χ1) is 9.62. The van der Waals surface area contributed by atoms with Crippen LogP contribution in [-0.2, 0) is 36.2 Å². The molecule has 0 aromatic carbocycles. The molecule has 0 aromatic heterocycles. The van der Waals surface area contributed by atoms with Crippen LogP contribution >= 0.6 is 0 Å². The molecule has 1 atom stereocenters. The molecule has 0 spiro atoms. The fourth-order valence-electron chi connectivity index (χ4n) is 2.09. The molecule has 0 saturated heterocycles. The molecule has 12 heteroatoms. The Morgan fingerprint density at radius 1 is 0.913 bits per heavy atom. The van der Waals surface area contributed by atoms with Crippen molar-refractivity contribution in [3.63, 3.8) is 0 Å². The zero-order valence-electron chi connectivity index (χ0n) is 12.3. The van der Waals surface area contributed by atoms with Crippen LogP contribution in [0.5, 0.6) is 0 Å². The van der Waals surface area contributed by atoms with E-state index in [0.717, 1.165) is 0 Å². The van der Waals surface area contributed by atoms with Gasteiger partial charge in [0.15, 0.2) is 0 Å². The number of aliphatic carboxylic acids is 4. The van der Waals surface area contributed by atoms with Crippen molar-refractivity contribution >= 4 is 23.9 Å². The minimum Gasteiger partial charge on any atom is -0.550 e. The van der Waals surface area contributed by atoms with Crippen LogP contribution in [0.25, 0.3) is 0 Å². The van der Waals surface area contributed by atoms with E-state index >= 15 is 0 Å². The van der Waals surface area contributed by atoms with Crippen molar-refractivity contribution in [1.29, 1.82) is 0 Å². The third kappa shape index (κ3) is 9.81. The molecule has 11 nitrogen and oxygen atoms in total. The van der Waals surface area contributed by atoms with Crippen molar-refractivity contribution in [3.05, 3.63) is 0 Å². The van der Waals surface area contributed by atoms with Gasteiger partial charge in [-0.2, -0.15) is 0 Å². The molecule has 1 unspecified atom stereocenters. The summed E-state index contributed by atoms with van der Waals surface area (Å²) in [5.74, 6) is -7.88. The molecule has 0 aliphatic carbocycles. The summed E-state index contributed by atoms with van der Waals surface area (Å²) < 4.78 is 0. The van der Waals surface area contributed by atoms with Crippen LogP contribution in [-0.4, -0.2) is 42.5 Å². The molecule has 0 aliphatic heterocycles. The Bertz CT molecular complexity index is 415. The fraction of sp³-hybridized carbons (Fsp3) is 0.636. The standard InChI is InChI=1S/C11H18N2O8.Fe.H3N/c12-4-6(1-7(14)15)11(2-8(16)17,3-9(18)19)13-5-10(20)21;;/h6,13H,1-5,12H2,(H,14,15)(H,16,17)(H,18,19)(H,20,21);;1H3/q;+3;/p-3. The number of hydrogen-bond donors (Lipinski definition) is 3. The first-order valence-electron chi connectivity index (χ1n) is 5.87. The number of hydrogen-bond acceptors (Lipinski definition) is 10. The SMILES string of the molecule is NCC(CC(=O)[O-])C(CC(=O)[O-])(CC(=O)[O-])NCC(=O)[O-].[Fe+3].[NH4+]. The molecule has 0 aromatic rings. The molecule has 0 saturated carbocycles. The second kappa shape index (κ2) is 11.8. The summed E-state index contributed by atoms with van der Waals surface area (Å²) in [6.07, 6.45) is -2.70. The first-order valence-corrected chi connectivity index (χ1v) is 5.87. The van der Waals surface area contributed by atoms with Gasteiger partial charge in [-0.25, -0.2) is 0 Å². The number of carbonyl (C=O) groups is 4. The van der Waals surface area contributed by atoms with Gasteiger partial charge in [0.1, 0.15) is 0 Å². The van der Waals surface area contributed by atoms with E-state index in [4.69, 9.17) is 5.73 Å². The van der Waals surface area contributed by atoms with Crippen LogP contribution < -0.4 is 37.6 Å². The molecule has 7 N–H and O–H groups in total. The average molecular weight is 376 g/mol. The van der Waals surface area contributed by atoms with Crippen molar-refractivity contribution < 1.29 is 56.7 Å². The molecule has 1 radical (unpaired) electrons. The number of nitrogens with two attached hydrogens (primary N) is 1. The predicted octanol–water partition coefficient (Wildman–Crippen LogP) is -6.57. The third-order valence-electron chi connectivity index (χ3n) is 2.98. The van der Waals surface area contributed by atoms with Crippen molar-refractivity contribution in [3.8, 4) is 0 Å². The van der Waals surface area contributed by atoms with E-state index in [1.807, 2.05) is 0 Å². The Morgan fingerprint density at radius 3 is 1.61 bits per heavy atom. The second-order valence-electron chi connectivity index (χ2n) is 4.49. The molecule has 0 heterocycles. The van der Waals surface area contributed by atoms with Gasteiger partial charge in [-0.1, -0.05) is 0 Å². The smallest absolute Gasteiger partial charge is 0.550 e. The van der Waals surface area contributed by atoms with Gasteiger partial charge >= 0.3 is 17.1 Å². The zero-order valence-corrected chi connectivity index (χ0v) is 13.4. The normalized spacial score (nSPS) is 11.5. The van der Waals surface area contributed by atoms with E-state index in [2.05, 4.69) is 5.32 Å². The van der Waals surface area contributed by atoms with Gasteiger partial charge in [-0.05, 0) is 18.9 Å². The maximum atomic E-state index is 10.8. The Kier molecular flexibility index (Phi) is 13.4. The number of carboxylic acids is 4. The summed E-state index contributed by atoms with van der Waals surface area (Å²) in [7, 11) is 0. The Labute approximate surface area is 142 Å². The van der Waals surface area contributed by atoms with Crippen LogP contribution in [0, 0.1) is 5.92 Å². The predicted molar refractivity (Wildman–Crippen MR) is 63.1 cm³/mol. The summed E-state index contributed by atoms with van der Waals surface area (Å²) >= 11 is 0.